The molecule has 1 aliphatic heterocycles. The molecule has 3 rings (SSSR count). The van der Waals surface area contributed by atoms with Crippen LogP contribution in [0.25, 0.3) is 11.1 Å². The number of benzene rings is 1. The second kappa shape index (κ2) is 8.97. The number of ether oxygens (including phenoxy) is 1. The van der Waals surface area contributed by atoms with Crippen LogP contribution in [0.5, 0.6) is 0 Å². The van der Waals surface area contributed by atoms with Gasteiger partial charge in [-0.1, -0.05) is 12.1 Å². The predicted molar refractivity (Wildman–Crippen MR) is 108 cm³/mol. The molecule has 1 unspecified atom stereocenters. The van der Waals surface area contributed by atoms with Gasteiger partial charge in [0.05, 0.1) is 11.8 Å². The SMILES string of the molecule is CN(C)CCN(CC1CCCO1)C(=O)c1cccc(-c2cncc(N)c2)c1. The van der Waals surface area contributed by atoms with Crippen LogP contribution in [-0.4, -0.2) is 67.1 Å². The number of amides is 1. The van der Waals surface area contributed by atoms with Crippen molar-refractivity contribution >= 4 is 11.6 Å². The molecule has 1 aromatic carbocycles. The van der Waals surface area contributed by atoms with Gasteiger partial charge in [-0.05, 0) is 50.7 Å². The Hall–Kier alpha value is -2.44. The van der Waals surface area contributed by atoms with Crippen LogP contribution in [0.1, 0.15) is 23.2 Å². The quantitative estimate of drug-likeness (QED) is 0.813. The maximum atomic E-state index is 13.2. The average Bonchev–Trinajstić information content (AvgIpc) is 3.18. The molecular formula is C21H28N4O2. The van der Waals surface area contributed by atoms with Crippen molar-refractivity contribution in [1.29, 1.82) is 0 Å². The fourth-order valence-corrected chi connectivity index (χ4v) is 3.26. The summed E-state index contributed by atoms with van der Waals surface area (Å²) in [6.07, 6.45) is 5.59. The van der Waals surface area contributed by atoms with Crippen LogP contribution in [-0.2, 0) is 4.74 Å². The first-order valence-electron chi connectivity index (χ1n) is 9.39. The smallest absolute Gasteiger partial charge is 0.254 e. The Labute approximate surface area is 160 Å². The minimum absolute atomic E-state index is 0.0334. The Bertz CT molecular complexity index is 772. The highest BCUT2D eigenvalue weighted by molar-refractivity contribution is 5.95. The number of likely N-dealkylation sites (N-methyl/N-ethyl adjacent to an activating group) is 1. The molecule has 1 saturated heterocycles. The Kier molecular flexibility index (Phi) is 6.42. The number of nitrogen functional groups attached to an aromatic ring is 1. The third kappa shape index (κ3) is 5.28. The third-order valence-electron chi connectivity index (χ3n) is 4.75. The lowest BCUT2D eigenvalue weighted by atomic mass is 10.0. The number of hydrogen-bond donors (Lipinski definition) is 1. The van der Waals surface area contributed by atoms with E-state index in [0.29, 0.717) is 24.3 Å². The molecule has 0 aliphatic carbocycles. The minimum Gasteiger partial charge on any atom is -0.397 e. The van der Waals surface area contributed by atoms with Gasteiger partial charge in [-0.2, -0.15) is 0 Å². The molecule has 1 fully saturated rings. The molecule has 1 amide bonds. The second-order valence-corrected chi connectivity index (χ2v) is 7.28. The van der Waals surface area contributed by atoms with E-state index in [4.69, 9.17) is 10.5 Å². The van der Waals surface area contributed by atoms with Crippen molar-refractivity contribution in [1.82, 2.24) is 14.8 Å². The van der Waals surface area contributed by atoms with Gasteiger partial charge in [-0.15, -0.1) is 0 Å². The Morgan fingerprint density at radius 3 is 2.78 bits per heavy atom. The summed E-state index contributed by atoms with van der Waals surface area (Å²) in [4.78, 5) is 21.3. The van der Waals surface area contributed by atoms with E-state index in [1.807, 2.05) is 49.3 Å². The largest absolute Gasteiger partial charge is 0.397 e. The number of carbonyl (C=O) groups excluding carboxylic acids is 1. The van der Waals surface area contributed by atoms with Crippen molar-refractivity contribution < 1.29 is 9.53 Å². The molecule has 27 heavy (non-hydrogen) atoms. The van der Waals surface area contributed by atoms with Gasteiger partial charge >= 0.3 is 0 Å². The van der Waals surface area contributed by atoms with Crippen molar-refractivity contribution in [2.45, 2.75) is 18.9 Å². The van der Waals surface area contributed by atoms with Crippen LogP contribution in [0, 0.1) is 0 Å². The van der Waals surface area contributed by atoms with Gasteiger partial charge in [0.15, 0.2) is 0 Å². The molecule has 6 heteroatoms. The van der Waals surface area contributed by atoms with Crippen molar-refractivity contribution in [3.8, 4) is 11.1 Å². The summed E-state index contributed by atoms with van der Waals surface area (Å²) in [6, 6.07) is 9.52. The third-order valence-corrected chi connectivity index (χ3v) is 4.75. The summed E-state index contributed by atoms with van der Waals surface area (Å²) in [5.41, 5.74) is 8.97. The van der Waals surface area contributed by atoms with E-state index >= 15 is 0 Å². The van der Waals surface area contributed by atoms with Crippen molar-refractivity contribution in [2.75, 3.05) is 46.1 Å². The van der Waals surface area contributed by atoms with Crippen LogP contribution in [0.3, 0.4) is 0 Å². The summed E-state index contributed by atoms with van der Waals surface area (Å²) in [5.74, 6) is 0.0334. The number of hydrogen-bond acceptors (Lipinski definition) is 5. The maximum Gasteiger partial charge on any atom is 0.254 e. The molecule has 1 aromatic heterocycles. The summed E-state index contributed by atoms with van der Waals surface area (Å²) in [7, 11) is 4.03. The van der Waals surface area contributed by atoms with Crippen LogP contribution < -0.4 is 5.73 Å². The van der Waals surface area contributed by atoms with Gasteiger partial charge in [0.1, 0.15) is 0 Å². The highest BCUT2D eigenvalue weighted by Gasteiger charge is 2.23. The molecule has 144 valence electrons. The summed E-state index contributed by atoms with van der Waals surface area (Å²) >= 11 is 0. The van der Waals surface area contributed by atoms with E-state index in [1.165, 1.54) is 0 Å². The molecular weight excluding hydrogens is 340 g/mol. The summed E-state index contributed by atoms with van der Waals surface area (Å²) in [6.45, 7) is 2.92. The first-order valence-corrected chi connectivity index (χ1v) is 9.39. The van der Waals surface area contributed by atoms with Crippen molar-refractivity contribution in [3.05, 3.63) is 48.3 Å². The second-order valence-electron chi connectivity index (χ2n) is 7.28. The minimum atomic E-state index is 0.0334. The van der Waals surface area contributed by atoms with Crippen LogP contribution in [0.2, 0.25) is 0 Å². The summed E-state index contributed by atoms with van der Waals surface area (Å²) < 4.78 is 5.75. The lowest BCUT2D eigenvalue weighted by Gasteiger charge is -2.27. The number of nitrogens with two attached hydrogens (primary N) is 1. The zero-order valence-corrected chi connectivity index (χ0v) is 16.1. The molecule has 2 heterocycles. The maximum absolute atomic E-state index is 13.2. The number of aromatic nitrogens is 1. The fraction of sp³-hybridized carbons (Fsp3) is 0.429. The van der Waals surface area contributed by atoms with Gasteiger partial charge in [0.2, 0.25) is 0 Å². The molecule has 0 radical (unpaired) electrons. The standard InChI is InChI=1S/C21H28N4O2/c1-24(2)8-9-25(15-20-7-4-10-27-20)21(26)17-6-3-5-16(11-17)18-12-19(22)14-23-13-18/h3,5-6,11-14,20H,4,7-10,15,22H2,1-2H3. The summed E-state index contributed by atoms with van der Waals surface area (Å²) in [5, 5.41) is 0. The first kappa shape index (κ1) is 19.3. The van der Waals surface area contributed by atoms with E-state index in [9.17, 15) is 4.79 Å². The van der Waals surface area contributed by atoms with Crippen LogP contribution >= 0.6 is 0 Å². The van der Waals surface area contributed by atoms with Crippen LogP contribution in [0.4, 0.5) is 5.69 Å². The number of pyridine rings is 1. The van der Waals surface area contributed by atoms with E-state index in [-0.39, 0.29) is 12.0 Å². The molecule has 1 atom stereocenters. The molecule has 0 bridgehead atoms. The van der Waals surface area contributed by atoms with E-state index < -0.39 is 0 Å². The number of rotatable bonds is 7. The lowest BCUT2D eigenvalue weighted by Crippen LogP contribution is -2.41. The van der Waals surface area contributed by atoms with Crippen molar-refractivity contribution in [3.63, 3.8) is 0 Å². The normalized spacial score (nSPS) is 16.6. The van der Waals surface area contributed by atoms with Gasteiger partial charge in [0.25, 0.3) is 5.91 Å². The Morgan fingerprint density at radius 2 is 2.07 bits per heavy atom. The molecule has 0 saturated carbocycles. The molecule has 2 aromatic rings. The molecule has 0 spiro atoms. The van der Waals surface area contributed by atoms with Gasteiger partial charge in [0, 0.05) is 49.8 Å². The van der Waals surface area contributed by atoms with Gasteiger partial charge in [-0.3, -0.25) is 9.78 Å². The monoisotopic (exact) mass is 368 g/mol. The predicted octanol–water partition coefficient (Wildman–Crippen LogP) is 2.51. The fourth-order valence-electron chi connectivity index (χ4n) is 3.26. The Balaban J connectivity index is 1.80. The zero-order valence-electron chi connectivity index (χ0n) is 16.1. The van der Waals surface area contributed by atoms with Gasteiger partial charge < -0.3 is 20.3 Å². The average molecular weight is 368 g/mol. The highest BCUT2D eigenvalue weighted by atomic mass is 16.5. The molecule has 1 aliphatic rings. The number of nitrogens with zero attached hydrogens (tertiary/aromatic N) is 3. The lowest BCUT2D eigenvalue weighted by molar-refractivity contribution is 0.0512. The van der Waals surface area contributed by atoms with Crippen molar-refractivity contribution in [2.24, 2.45) is 0 Å². The number of carbonyl (C=O) groups is 1. The van der Waals surface area contributed by atoms with E-state index in [0.717, 1.165) is 37.1 Å². The first-order chi connectivity index (χ1) is 13.0. The molecule has 2 N–H and O–H groups in total. The highest BCUT2D eigenvalue weighted by Crippen LogP contribution is 2.22. The van der Waals surface area contributed by atoms with E-state index in [1.54, 1.807) is 12.4 Å². The van der Waals surface area contributed by atoms with Gasteiger partial charge in [-0.25, -0.2) is 0 Å². The van der Waals surface area contributed by atoms with Crippen LogP contribution in [0.15, 0.2) is 42.7 Å². The Morgan fingerprint density at radius 1 is 1.22 bits per heavy atom. The molecule has 6 nitrogen and oxygen atoms in total. The number of anilines is 1. The van der Waals surface area contributed by atoms with E-state index in [2.05, 4.69) is 9.88 Å². The zero-order chi connectivity index (χ0) is 19.2. The topological polar surface area (TPSA) is 71.7 Å².